The smallest absolute Gasteiger partial charge is 0.342 e. The van der Waals surface area contributed by atoms with Gasteiger partial charge in [-0.05, 0) is 43.0 Å². The zero-order valence-electron chi connectivity index (χ0n) is 16.1. The van der Waals surface area contributed by atoms with E-state index in [-0.39, 0.29) is 19.0 Å². The Balaban J connectivity index is 1.65. The number of carbonyl (C=O) groups is 2. The third kappa shape index (κ3) is 5.82. The Morgan fingerprint density at radius 2 is 1.79 bits per heavy atom. The van der Waals surface area contributed by atoms with Crippen LogP contribution in [-0.2, 0) is 9.59 Å². The Hall–Kier alpha value is -2.83. The van der Waals surface area contributed by atoms with Gasteiger partial charge in [0.2, 0.25) is 11.8 Å². The van der Waals surface area contributed by atoms with Crippen molar-refractivity contribution in [1.29, 1.82) is 0 Å². The lowest BCUT2D eigenvalue weighted by Crippen LogP contribution is -2.44. The van der Waals surface area contributed by atoms with Gasteiger partial charge in [0.25, 0.3) is 0 Å². The molecule has 0 aliphatic carbocycles. The van der Waals surface area contributed by atoms with Crippen molar-refractivity contribution < 1.29 is 22.8 Å². The molecule has 154 valence electrons. The lowest BCUT2D eigenvalue weighted by atomic mass is 9.96. The third-order valence-corrected chi connectivity index (χ3v) is 4.98. The van der Waals surface area contributed by atoms with Gasteiger partial charge in [-0.1, -0.05) is 42.0 Å². The maximum Gasteiger partial charge on any atom is 0.397 e. The molecule has 2 aromatic rings. The predicted octanol–water partition coefficient (Wildman–Crippen LogP) is 4.79. The molecule has 0 unspecified atom stereocenters. The zero-order valence-corrected chi connectivity index (χ0v) is 16.1. The maximum absolute atomic E-state index is 12.7. The number of piperidine rings is 1. The lowest BCUT2D eigenvalue weighted by Gasteiger charge is -2.32. The van der Waals surface area contributed by atoms with Crippen molar-refractivity contribution in [3.05, 3.63) is 54.1 Å². The van der Waals surface area contributed by atoms with E-state index in [1.54, 1.807) is 6.07 Å². The molecule has 1 N–H and O–H groups in total. The average Bonchev–Trinajstić information content (AvgIpc) is 2.67. The van der Waals surface area contributed by atoms with Gasteiger partial charge < -0.3 is 10.2 Å². The number of aryl methyl sites for hydroxylation is 1. The first kappa shape index (κ1) is 20.9. The number of hydrogen-bond donors (Lipinski definition) is 1. The SMILES string of the molecule is Cc1cccc(-c2cccc(NC(=O)[C@@H]3CCCN(C(=O)CC(F)(F)F)C3)c2)c1. The molecule has 0 bridgehead atoms. The van der Waals surface area contributed by atoms with Crippen LogP contribution in [0.3, 0.4) is 0 Å². The molecule has 0 spiro atoms. The first-order valence-corrected chi connectivity index (χ1v) is 9.54. The molecule has 2 amide bonds. The van der Waals surface area contributed by atoms with Gasteiger partial charge in [0.1, 0.15) is 6.42 Å². The molecule has 1 aliphatic heterocycles. The maximum atomic E-state index is 12.7. The van der Waals surface area contributed by atoms with Gasteiger partial charge in [-0.3, -0.25) is 9.59 Å². The Kier molecular flexibility index (Phi) is 6.25. The highest BCUT2D eigenvalue weighted by atomic mass is 19.4. The van der Waals surface area contributed by atoms with Crippen LogP contribution in [-0.4, -0.2) is 36.0 Å². The summed E-state index contributed by atoms with van der Waals surface area (Å²) >= 11 is 0. The molecule has 1 fully saturated rings. The molecule has 1 saturated heterocycles. The number of nitrogens with one attached hydrogen (secondary N) is 1. The topological polar surface area (TPSA) is 49.4 Å². The van der Waals surface area contributed by atoms with Crippen molar-refractivity contribution in [2.45, 2.75) is 32.4 Å². The van der Waals surface area contributed by atoms with Crippen LogP contribution in [0.5, 0.6) is 0 Å². The molecule has 0 aromatic heterocycles. The summed E-state index contributed by atoms with van der Waals surface area (Å²) in [6, 6.07) is 15.4. The number of rotatable bonds is 4. The number of likely N-dealkylation sites (tertiary alicyclic amines) is 1. The van der Waals surface area contributed by atoms with Crippen LogP contribution in [0.2, 0.25) is 0 Å². The highest BCUT2D eigenvalue weighted by Gasteiger charge is 2.36. The standard InChI is InChI=1S/C22H23F3N2O2/c1-15-5-2-6-16(11-15)17-7-3-9-19(12-17)26-21(29)18-8-4-10-27(14-18)20(28)13-22(23,24)25/h2-3,5-7,9,11-12,18H,4,8,10,13-14H2,1H3,(H,26,29)/t18-/m1/s1. The van der Waals surface area contributed by atoms with Crippen LogP contribution < -0.4 is 5.32 Å². The van der Waals surface area contributed by atoms with Gasteiger partial charge in [0.05, 0.1) is 5.92 Å². The number of anilines is 1. The van der Waals surface area contributed by atoms with Crippen LogP contribution in [0, 0.1) is 12.8 Å². The number of hydrogen-bond acceptors (Lipinski definition) is 2. The van der Waals surface area contributed by atoms with E-state index in [4.69, 9.17) is 0 Å². The quantitative estimate of drug-likeness (QED) is 0.797. The van der Waals surface area contributed by atoms with Gasteiger partial charge in [0, 0.05) is 18.8 Å². The lowest BCUT2D eigenvalue weighted by molar-refractivity contribution is -0.162. The van der Waals surface area contributed by atoms with E-state index in [9.17, 15) is 22.8 Å². The Labute approximate surface area is 167 Å². The predicted molar refractivity (Wildman–Crippen MR) is 105 cm³/mol. The second kappa shape index (κ2) is 8.68. The van der Waals surface area contributed by atoms with E-state index >= 15 is 0 Å². The highest BCUT2D eigenvalue weighted by molar-refractivity contribution is 5.94. The van der Waals surface area contributed by atoms with Gasteiger partial charge in [-0.25, -0.2) is 0 Å². The van der Waals surface area contributed by atoms with Crippen LogP contribution in [0.15, 0.2) is 48.5 Å². The summed E-state index contributed by atoms with van der Waals surface area (Å²) in [5, 5.41) is 2.85. The summed E-state index contributed by atoms with van der Waals surface area (Å²) in [5.74, 6) is -1.78. The van der Waals surface area contributed by atoms with E-state index < -0.39 is 24.4 Å². The third-order valence-electron chi connectivity index (χ3n) is 4.98. The van der Waals surface area contributed by atoms with Gasteiger partial charge >= 0.3 is 6.18 Å². The molecule has 0 saturated carbocycles. The van der Waals surface area contributed by atoms with Crippen molar-refractivity contribution >= 4 is 17.5 Å². The fourth-order valence-electron chi connectivity index (χ4n) is 3.55. The highest BCUT2D eigenvalue weighted by Crippen LogP contribution is 2.26. The number of halogens is 3. The second-order valence-corrected chi connectivity index (χ2v) is 7.41. The summed E-state index contributed by atoms with van der Waals surface area (Å²) in [4.78, 5) is 25.6. The molecule has 29 heavy (non-hydrogen) atoms. The minimum absolute atomic E-state index is 0.0122. The van der Waals surface area contributed by atoms with Crippen LogP contribution in [0.1, 0.15) is 24.8 Å². The molecular formula is C22H23F3N2O2. The molecule has 1 atom stereocenters. The fraction of sp³-hybridized carbons (Fsp3) is 0.364. The molecule has 2 aromatic carbocycles. The molecular weight excluding hydrogens is 381 g/mol. The van der Waals surface area contributed by atoms with E-state index in [1.165, 1.54) is 0 Å². The van der Waals surface area contributed by atoms with Crippen molar-refractivity contribution in [3.63, 3.8) is 0 Å². The Bertz CT molecular complexity index is 896. The molecule has 3 rings (SSSR count). The minimum Gasteiger partial charge on any atom is -0.342 e. The normalized spacial score (nSPS) is 17.1. The summed E-state index contributed by atoms with van der Waals surface area (Å²) in [6.45, 7) is 2.27. The largest absolute Gasteiger partial charge is 0.397 e. The first-order valence-electron chi connectivity index (χ1n) is 9.54. The Morgan fingerprint density at radius 1 is 1.10 bits per heavy atom. The molecule has 0 radical (unpaired) electrons. The van der Waals surface area contributed by atoms with Gasteiger partial charge in [-0.2, -0.15) is 13.2 Å². The number of alkyl halides is 3. The van der Waals surface area contributed by atoms with Gasteiger partial charge in [0.15, 0.2) is 0 Å². The number of benzene rings is 2. The monoisotopic (exact) mass is 404 g/mol. The number of amides is 2. The summed E-state index contributed by atoms with van der Waals surface area (Å²) in [6.07, 6.45) is -4.98. The fourth-order valence-corrected chi connectivity index (χ4v) is 3.55. The zero-order chi connectivity index (χ0) is 21.0. The minimum atomic E-state index is -4.54. The average molecular weight is 404 g/mol. The van der Waals surface area contributed by atoms with E-state index in [0.717, 1.165) is 21.6 Å². The van der Waals surface area contributed by atoms with E-state index in [0.29, 0.717) is 18.5 Å². The van der Waals surface area contributed by atoms with Crippen LogP contribution >= 0.6 is 0 Å². The summed E-state index contributed by atoms with van der Waals surface area (Å²) in [7, 11) is 0. The molecule has 7 heteroatoms. The molecule has 1 aliphatic rings. The van der Waals surface area contributed by atoms with Crippen LogP contribution in [0.25, 0.3) is 11.1 Å². The van der Waals surface area contributed by atoms with Crippen molar-refractivity contribution in [1.82, 2.24) is 4.90 Å². The Morgan fingerprint density at radius 3 is 2.48 bits per heavy atom. The molecule has 4 nitrogen and oxygen atoms in total. The molecule has 1 heterocycles. The van der Waals surface area contributed by atoms with E-state index in [1.807, 2.05) is 49.4 Å². The second-order valence-electron chi connectivity index (χ2n) is 7.41. The van der Waals surface area contributed by atoms with Crippen molar-refractivity contribution in [2.24, 2.45) is 5.92 Å². The number of nitrogens with zero attached hydrogens (tertiary/aromatic N) is 1. The summed E-state index contributed by atoms with van der Waals surface area (Å²) < 4.78 is 37.4. The van der Waals surface area contributed by atoms with Gasteiger partial charge in [-0.15, -0.1) is 0 Å². The summed E-state index contributed by atoms with van der Waals surface area (Å²) in [5.41, 5.74) is 3.73. The van der Waals surface area contributed by atoms with Crippen LogP contribution in [0.4, 0.5) is 18.9 Å². The van der Waals surface area contributed by atoms with Crippen molar-refractivity contribution in [3.8, 4) is 11.1 Å². The van der Waals surface area contributed by atoms with E-state index in [2.05, 4.69) is 5.32 Å². The van der Waals surface area contributed by atoms with Crippen molar-refractivity contribution in [2.75, 3.05) is 18.4 Å². The number of carbonyl (C=O) groups excluding carboxylic acids is 2. The first-order chi connectivity index (χ1) is 13.7.